The first-order valence-corrected chi connectivity index (χ1v) is 11.3. The van der Waals surface area contributed by atoms with E-state index in [0.717, 1.165) is 5.56 Å². The van der Waals surface area contributed by atoms with Crippen LogP contribution in [0, 0.1) is 0 Å². The first-order chi connectivity index (χ1) is 13.6. The summed E-state index contributed by atoms with van der Waals surface area (Å²) in [4.78, 5) is 24.7. The number of carbonyl (C=O) groups is 2. The van der Waals surface area contributed by atoms with Crippen LogP contribution in [0.25, 0.3) is 0 Å². The highest BCUT2D eigenvalue weighted by Crippen LogP contribution is 2.16. The van der Waals surface area contributed by atoms with Crippen LogP contribution in [-0.4, -0.2) is 37.3 Å². The second kappa shape index (κ2) is 9.69. The van der Waals surface area contributed by atoms with Crippen molar-refractivity contribution in [1.29, 1.82) is 0 Å². The molecule has 0 saturated heterocycles. The van der Waals surface area contributed by atoms with E-state index >= 15 is 0 Å². The van der Waals surface area contributed by atoms with Gasteiger partial charge < -0.3 is 10.6 Å². The maximum atomic E-state index is 12.4. The van der Waals surface area contributed by atoms with Gasteiger partial charge in [-0.2, -0.15) is 0 Å². The van der Waals surface area contributed by atoms with Gasteiger partial charge in [0, 0.05) is 5.54 Å². The zero-order valence-electron chi connectivity index (χ0n) is 17.1. The van der Waals surface area contributed by atoms with Crippen molar-refractivity contribution >= 4 is 27.3 Å². The number of benzene rings is 2. The lowest BCUT2D eigenvalue weighted by atomic mass is 10.1. The number of rotatable bonds is 8. The second-order valence-corrected chi connectivity index (χ2v) is 10.2. The van der Waals surface area contributed by atoms with Gasteiger partial charge in [0.25, 0.3) is 5.91 Å². The Morgan fingerprint density at radius 1 is 0.931 bits per heavy atom. The minimum Gasteiger partial charge on any atom is -0.347 e. The summed E-state index contributed by atoms with van der Waals surface area (Å²) in [5, 5.41) is 5.39. The lowest BCUT2D eigenvalue weighted by Gasteiger charge is -2.21. The fourth-order valence-electron chi connectivity index (χ4n) is 2.80. The molecule has 0 radical (unpaired) electrons. The van der Waals surface area contributed by atoms with Gasteiger partial charge in [0.1, 0.15) is 5.75 Å². The first-order valence-electron chi connectivity index (χ1n) is 9.51. The Morgan fingerprint density at radius 2 is 1.55 bits per heavy atom. The lowest BCUT2D eigenvalue weighted by molar-refractivity contribution is -0.113. The third-order valence-corrected chi connectivity index (χ3v) is 5.66. The van der Waals surface area contributed by atoms with Crippen LogP contribution in [-0.2, 0) is 21.1 Å². The minimum atomic E-state index is -3.55. The number of para-hydroxylation sites is 1. The van der Waals surface area contributed by atoms with E-state index in [2.05, 4.69) is 10.6 Å². The Balaban J connectivity index is 1.95. The molecule has 156 valence electrons. The smallest absolute Gasteiger partial charge is 0.253 e. The Hall–Kier alpha value is -2.67. The van der Waals surface area contributed by atoms with Crippen molar-refractivity contribution in [2.75, 3.05) is 16.8 Å². The molecule has 2 aromatic carbocycles. The minimum absolute atomic E-state index is 0.0680. The van der Waals surface area contributed by atoms with E-state index in [1.54, 1.807) is 24.3 Å². The molecule has 0 aliphatic heterocycles. The van der Waals surface area contributed by atoms with Gasteiger partial charge in [0.05, 0.1) is 17.0 Å². The maximum Gasteiger partial charge on any atom is 0.253 e. The predicted molar refractivity (Wildman–Crippen MR) is 116 cm³/mol. The SMILES string of the molecule is CC(C)(C)NC(=O)c1ccccc1NC(=O)CS(=O)(=O)CCCc1ccccc1. The third kappa shape index (κ3) is 8.07. The third-order valence-electron chi connectivity index (χ3n) is 4.05. The standard InChI is InChI=1S/C22H28N2O4S/c1-22(2,3)24-21(26)18-13-7-8-14-19(18)23-20(25)16-29(27,28)15-9-12-17-10-5-4-6-11-17/h4-8,10-11,13-14H,9,12,15-16H2,1-3H3,(H,23,25)(H,24,26). The van der Waals surface area contributed by atoms with Gasteiger partial charge in [0.2, 0.25) is 5.91 Å². The highest BCUT2D eigenvalue weighted by Gasteiger charge is 2.21. The molecule has 2 amide bonds. The molecule has 0 unspecified atom stereocenters. The molecule has 0 spiro atoms. The topological polar surface area (TPSA) is 92.3 Å². The van der Waals surface area contributed by atoms with E-state index in [0.29, 0.717) is 18.5 Å². The van der Waals surface area contributed by atoms with Crippen LogP contribution < -0.4 is 10.6 Å². The predicted octanol–water partition coefficient (Wildman–Crippen LogP) is 3.20. The van der Waals surface area contributed by atoms with Crippen LogP contribution in [0.4, 0.5) is 5.69 Å². The molecule has 0 heterocycles. The van der Waals surface area contributed by atoms with E-state index in [-0.39, 0.29) is 17.2 Å². The molecule has 2 N–H and O–H groups in total. The van der Waals surface area contributed by atoms with Crippen LogP contribution >= 0.6 is 0 Å². The molecule has 7 heteroatoms. The van der Waals surface area contributed by atoms with Gasteiger partial charge in [-0.25, -0.2) is 8.42 Å². The number of carbonyl (C=O) groups excluding carboxylic acids is 2. The van der Waals surface area contributed by atoms with E-state index in [1.165, 1.54) is 0 Å². The molecule has 0 aliphatic rings. The molecular weight excluding hydrogens is 388 g/mol. The summed E-state index contributed by atoms with van der Waals surface area (Å²) in [6.45, 7) is 5.57. The van der Waals surface area contributed by atoms with Gasteiger partial charge >= 0.3 is 0 Å². The summed E-state index contributed by atoms with van der Waals surface area (Å²) >= 11 is 0. The zero-order valence-corrected chi connectivity index (χ0v) is 17.9. The summed E-state index contributed by atoms with van der Waals surface area (Å²) < 4.78 is 24.6. The fourth-order valence-corrected chi connectivity index (χ4v) is 4.00. The van der Waals surface area contributed by atoms with Crippen LogP contribution in [0.3, 0.4) is 0 Å². The molecule has 0 aromatic heterocycles. The van der Waals surface area contributed by atoms with Crippen LogP contribution in [0.15, 0.2) is 54.6 Å². The molecule has 6 nitrogen and oxygen atoms in total. The van der Waals surface area contributed by atoms with Gasteiger partial charge in [-0.3, -0.25) is 9.59 Å². The summed E-state index contributed by atoms with van der Waals surface area (Å²) in [7, 11) is -3.55. The van der Waals surface area contributed by atoms with Gasteiger partial charge in [-0.1, -0.05) is 42.5 Å². The Kier molecular flexibility index (Phi) is 7.56. The monoisotopic (exact) mass is 416 g/mol. The summed E-state index contributed by atoms with van der Waals surface area (Å²) in [6, 6.07) is 16.1. The summed E-state index contributed by atoms with van der Waals surface area (Å²) in [5.74, 6) is -1.67. The van der Waals surface area contributed by atoms with E-state index < -0.39 is 27.0 Å². The molecular formula is C22H28N2O4S. The van der Waals surface area contributed by atoms with Crippen LogP contribution in [0.5, 0.6) is 0 Å². The number of anilines is 1. The van der Waals surface area contributed by atoms with Crippen molar-refractivity contribution in [3.8, 4) is 0 Å². The molecule has 0 saturated carbocycles. The van der Waals surface area contributed by atoms with Crippen molar-refractivity contribution in [3.63, 3.8) is 0 Å². The van der Waals surface area contributed by atoms with Gasteiger partial charge in [0.15, 0.2) is 9.84 Å². The highest BCUT2D eigenvalue weighted by molar-refractivity contribution is 7.92. The number of amides is 2. The number of aryl methyl sites for hydroxylation is 1. The van der Waals surface area contributed by atoms with Gasteiger partial charge in [-0.15, -0.1) is 0 Å². The number of hydrogen-bond acceptors (Lipinski definition) is 4. The summed E-state index contributed by atoms with van der Waals surface area (Å²) in [6.07, 6.45) is 1.09. The molecule has 2 rings (SSSR count). The van der Waals surface area contributed by atoms with Gasteiger partial charge in [-0.05, 0) is 51.3 Å². The van der Waals surface area contributed by atoms with Crippen molar-refractivity contribution < 1.29 is 18.0 Å². The number of sulfone groups is 1. The largest absolute Gasteiger partial charge is 0.347 e. The van der Waals surface area contributed by atoms with Crippen molar-refractivity contribution in [2.45, 2.75) is 39.2 Å². The molecule has 0 aliphatic carbocycles. The molecule has 0 fully saturated rings. The number of nitrogens with one attached hydrogen (secondary N) is 2. The van der Waals surface area contributed by atoms with E-state index in [1.807, 2.05) is 51.1 Å². The van der Waals surface area contributed by atoms with Crippen LogP contribution in [0.1, 0.15) is 43.1 Å². The highest BCUT2D eigenvalue weighted by atomic mass is 32.2. The zero-order chi connectivity index (χ0) is 21.5. The molecule has 29 heavy (non-hydrogen) atoms. The fraction of sp³-hybridized carbons (Fsp3) is 0.364. The van der Waals surface area contributed by atoms with E-state index in [9.17, 15) is 18.0 Å². The Morgan fingerprint density at radius 3 is 2.21 bits per heavy atom. The summed E-state index contributed by atoms with van der Waals surface area (Å²) in [5.41, 5.74) is 1.21. The molecule has 2 aromatic rings. The average Bonchev–Trinajstić information content (AvgIpc) is 2.60. The molecule has 0 atom stereocenters. The maximum absolute atomic E-state index is 12.4. The average molecular weight is 417 g/mol. The van der Waals surface area contributed by atoms with Crippen molar-refractivity contribution in [3.05, 3.63) is 65.7 Å². The van der Waals surface area contributed by atoms with Crippen molar-refractivity contribution in [1.82, 2.24) is 5.32 Å². The second-order valence-electron chi connectivity index (χ2n) is 7.98. The van der Waals surface area contributed by atoms with Crippen LogP contribution in [0.2, 0.25) is 0 Å². The van der Waals surface area contributed by atoms with Crippen molar-refractivity contribution in [2.24, 2.45) is 0 Å². The lowest BCUT2D eigenvalue weighted by Crippen LogP contribution is -2.41. The van der Waals surface area contributed by atoms with E-state index in [4.69, 9.17) is 0 Å². The Bertz CT molecular complexity index is 948. The number of hydrogen-bond donors (Lipinski definition) is 2. The molecule has 0 bridgehead atoms. The quantitative estimate of drug-likeness (QED) is 0.691. The first kappa shape index (κ1) is 22.6. The Labute approximate surface area is 172 Å². The normalized spacial score (nSPS) is 11.7.